The maximum atomic E-state index is 13.7. The van der Waals surface area contributed by atoms with E-state index < -0.39 is 12.1 Å². The Morgan fingerprint density at radius 1 is 0.885 bits per heavy atom. The molecule has 0 radical (unpaired) electrons. The number of likely N-dealkylation sites (N-methyl/N-ethyl adjacent to an activating group) is 1. The van der Waals surface area contributed by atoms with Crippen LogP contribution in [0.1, 0.15) is 55.5 Å². The van der Waals surface area contributed by atoms with Gasteiger partial charge in [-0.1, -0.05) is 50.2 Å². The van der Waals surface area contributed by atoms with Crippen LogP contribution in [0.3, 0.4) is 0 Å². The normalized spacial score (nSPS) is 16.1. The molecule has 0 aliphatic heterocycles. The average molecular weight is 710 g/mol. The van der Waals surface area contributed by atoms with Gasteiger partial charge in [0.1, 0.15) is 6.04 Å². The fourth-order valence-electron chi connectivity index (χ4n) is 6.45. The third-order valence-electron chi connectivity index (χ3n) is 9.61. The number of carbonyl (C=O) groups is 4. The van der Waals surface area contributed by atoms with Gasteiger partial charge in [0, 0.05) is 48.8 Å². The van der Waals surface area contributed by atoms with E-state index in [1.54, 1.807) is 30.3 Å². The Bertz CT molecular complexity index is 1770. The molecule has 4 aromatic rings. The maximum absolute atomic E-state index is 13.7. The highest BCUT2D eigenvalue weighted by molar-refractivity contribution is 5.98. The molecule has 1 fully saturated rings. The Kier molecular flexibility index (Phi) is 13.4. The number of tetrazole rings is 1. The van der Waals surface area contributed by atoms with Crippen molar-refractivity contribution in [2.45, 2.75) is 52.0 Å². The zero-order valence-electron chi connectivity index (χ0n) is 29.6. The Balaban J connectivity index is 1.25. The van der Waals surface area contributed by atoms with Crippen LogP contribution in [0, 0.1) is 11.8 Å². The standard InChI is InChI=1S/C38H47N9O5/c1-3-47(4-2)21-20-39-35(48)31-7-5-6-30(23-31)27-12-8-25(9-13-27)22-33(42-36(49)29-14-10-26(11-15-29)24-40-38(51)52)37(50)41-32-18-16-28(17-19-32)34-43-45-46-44-34/h5-9,12-13,16-19,23,26,29,33,40H,3-4,10-11,14-15,20-22,24H2,1-2H3,(H,39,48)(H,41,50)(H,42,49)(H,51,52)(H,43,44,45,46)/t26?,29?,33-/m0/s1. The predicted molar refractivity (Wildman–Crippen MR) is 197 cm³/mol. The Morgan fingerprint density at radius 3 is 2.25 bits per heavy atom. The number of H-pyrrole nitrogens is 1. The van der Waals surface area contributed by atoms with Crippen LogP contribution in [-0.4, -0.2) is 93.2 Å². The van der Waals surface area contributed by atoms with E-state index >= 15 is 0 Å². The SMILES string of the molecule is CCN(CC)CCNC(=O)c1cccc(-c2ccc(C[C@H](NC(=O)C3CCC(CNC(=O)O)CC3)C(=O)Nc3ccc(-c4nn[nH]n4)cc3)cc2)c1. The van der Waals surface area contributed by atoms with E-state index in [-0.39, 0.29) is 36.0 Å². The summed E-state index contributed by atoms with van der Waals surface area (Å²) in [6, 6.07) is 21.4. The topological polar surface area (TPSA) is 194 Å². The monoisotopic (exact) mass is 709 g/mol. The molecule has 0 unspecified atom stereocenters. The zero-order chi connectivity index (χ0) is 36.9. The molecule has 4 amide bonds. The number of benzene rings is 3. The maximum Gasteiger partial charge on any atom is 0.404 e. The van der Waals surface area contributed by atoms with Crippen molar-refractivity contribution >= 4 is 29.5 Å². The summed E-state index contributed by atoms with van der Waals surface area (Å²) in [6.07, 6.45) is 1.89. The van der Waals surface area contributed by atoms with Crippen LogP contribution >= 0.6 is 0 Å². The summed E-state index contributed by atoms with van der Waals surface area (Å²) in [6.45, 7) is 7.80. The number of nitrogens with zero attached hydrogens (tertiary/aromatic N) is 4. The van der Waals surface area contributed by atoms with E-state index in [9.17, 15) is 19.2 Å². The molecule has 6 N–H and O–H groups in total. The first-order chi connectivity index (χ1) is 25.2. The average Bonchev–Trinajstić information content (AvgIpc) is 3.71. The van der Waals surface area contributed by atoms with Crippen molar-refractivity contribution in [3.05, 3.63) is 83.9 Å². The first kappa shape index (κ1) is 37.6. The first-order valence-corrected chi connectivity index (χ1v) is 17.8. The van der Waals surface area contributed by atoms with Gasteiger partial charge < -0.3 is 31.3 Å². The minimum absolute atomic E-state index is 0.120. The van der Waals surface area contributed by atoms with Crippen molar-refractivity contribution in [2.75, 3.05) is 38.0 Å². The first-order valence-electron chi connectivity index (χ1n) is 17.8. The molecule has 14 heteroatoms. The molecule has 1 heterocycles. The molecule has 1 atom stereocenters. The number of rotatable bonds is 16. The van der Waals surface area contributed by atoms with Crippen LogP contribution < -0.4 is 21.3 Å². The molecule has 5 rings (SSSR count). The van der Waals surface area contributed by atoms with Gasteiger partial charge in [-0.2, -0.15) is 5.21 Å². The molecule has 1 aliphatic rings. The fraction of sp³-hybridized carbons (Fsp3) is 0.395. The summed E-state index contributed by atoms with van der Waals surface area (Å²) in [5, 5.41) is 34.3. The highest BCUT2D eigenvalue weighted by atomic mass is 16.4. The van der Waals surface area contributed by atoms with Gasteiger partial charge in [-0.3, -0.25) is 14.4 Å². The second-order valence-electron chi connectivity index (χ2n) is 13.0. The van der Waals surface area contributed by atoms with Gasteiger partial charge in [0.2, 0.25) is 17.6 Å². The van der Waals surface area contributed by atoms with Crippen molar-refractivity contribution in [1.82, 2.24) is 41.5 Å². The fourth-order valence-corrected chi connectivity index (χ4v) is 6.45. The van der Waals surface area contributed by atoms with Crippen molar-refractivity contribution in [1.29, 1.82) is 0 Å². The molecule has 1 aromatic heterocycles. The lowest BCUT2D eigenvalue weighted by Crippen LogP contribution is -2.48. The summed E-state index contributed by atoms with van der Waals surface area (Å²) in [5.74, 6) is -0.328. The summed E-state index contributed by atoms with van der Waals surface area (Å²) in [4.78, 5) is 53.2. The molecule has 14 nitrogen and oxygen atoms in total. The molecule has 52 heavy (non-hydrogen) atoms. The molecule has 0 bridgehead atoms. The van der Waals surface area contributed by atoms with Crippen molar-refractivity contribution in [3.63, 3.8) is 0 Å². The molecule has 1 aliphatic carbocycles. The van der Waals surface area contributed by atoms with E-state index in [1.165, 1.54) is 0 Å². The predicted octanol–water partition coefficient (Wildman–Crippen LogP) is 4.35. The quantitative estimate of drug-likeness (QED) is 0.0981. The van der Waals surface area contributed by atoms with Crippen molar-refractivity contribution < 1.29 is 24.3 Å². The number of aromatic nitrogens is 4. The lowest BCUT2D eigenvalue weighted by atomic mass is 9.81. The number of carboxylic acid groups (broad SMARTS) is 1. The highest BCUT2D eigenvalue weighted by Gasteiger charge is 2.30. The molecule has 3 aromatic carbocycles. The molecule has 0 spiro atoms. The Morgan fingerprint density at radius 2 is 1.60 bits per heavy atom. The molecular weight excluding hydrogens is 662 g/mol. The van der Waals surface area contributed by atoms with E-state index in [2.05, 4.69) is 60.6 Å². The number of aromatic amines is 1. The number of hydrogen-bond donors (Lipinski definition) is 6. The van der Waals surface area contributed by atoms with E-state index in [0.29, 0.717) is 43.0 Å². The highest BCUT2D eigenvalue weighted by Crippen LogP contribution is 2.29. The number of nitrogens with one attached hydrogen (secondary N) is 5. The van der Waals surface area contributed by atoms with Crippen LogP contribution in [0.15, 0.2) is 72.8 Å². The summed E-state index contributed by atoms with van der Waals surface area (Å²) in [7, 11) is 0. The van der Waals surface area contributed by atoms with Crippen LogP contribution in [0.25, 0.3) is 22.5 Å². The van der Waals surface area contributed by atoms with Gasteiger partial charge in [0.05, 0.1) is 0 Å². The number of amides is 4. The third-order valence-corrected chi connectivity index (χ3v) is 9.61. The molecule has 274 valence electrons. The summed E-state index contributed by atoms with van der Waals surface area (Å²) >= 11 is 0. The van der Waals surface area contributed by atoms with E-state index in [0.717, 1.165) is 54.7 Å². The second-order valence-corrected chi connectivity index (χ2v) is 13.0. The molecule has 1 saturated carbocycles. The second kappa shape index (κ2) is 18.6. The van der Waals surface area contributed by atoms with Gasteiger partial charge in [-0.25, -0.2) is 4.79 Å². The Hall–Kier alpha value is -5.63. The third kappa shape index (κ3) is 10.7. The minimum atomic E-state index is -1.05. The van der Waals surface area contributed by atoms with E-state index in [4.69, 9.17) is 5.11 Å². The smallest absolute Gasteiger partial charge is 0.404 e. The van der Waals surface area contributed by atoms with Gasteiger partial charge in [0.25, 0.3) is 5.91 Å². The Labute approximate surface area is 303 Å². The van der Waals surface area contributed by atoms with Gasteiger partial charge >= 0.3 is 6.09 Å². The van der Waals surface area contributed by atoms with Crippen LogP contribution in [0.2, 0.25) is 0 Å². The number of anilines is 1. The van der Waals surface area contributed by atoms with Crippen LogP contribution in [0.4, 0.5) is 10.5 Å². The zero-order valence-corrected chi connectivity index (χ0v) is 29.6. The van der Waals surface area contributed by atoms with Crippen molar-refractivity contribution in [2.24, 2.45) is 11.8 Å². The lowest BCUT2D eigenvalue weighted by molar-refractivity contribution is -0.130. The van der Waals surface area contributed by atoms with Gasteiger partial charge in [-0.05, 0) is 103 Å². The van der Waals surface area contributed by atoms with Crippen LogP contribution in [0.5, 0.6) is 0 Å². The van der Waals surface area contributed by atoms with Gasteiger partial charge in [0.15, 0.2) is 0 Å². The van der Waals surface area contributed by atoms with E-state index in [1.807, 2.05) is 42.5 Å². The van der Waals surface area contributed by atoms with Crippen LogP contribution in [-0.2, 0) is 16.0 Å². The number of carbonyl (C=O) groups excluding carboxylic acids is 3. The molecule has 0 saturated heterocycles. The minimum Gasteiger partial charge on any atom is -0.465 e. The van der Waals surface area contributed by atoms with Gasteiger partial charge in [-0.15, -0.1) is 10.2 Å². The lowest BCUT2D eigenvalue weighted by Gasteiger charge is -2.29. The summed E-state index contributed by atoms with van der Waals surface area (Å²) in [5.41, 5.74) is 4.53. The van der Waals surface area contributed by atoms with Crippen molar-refractivity contribution in [3.8, 4) is 22.5 Å². The summed E-state index contributed by atoms with van der Waals surface area (Å²) < 4.78 is 0. The largest absolute Gasteiger partial charge is 0.465 e. The number of hydrogen-bond acceptors (Lipinski definition) is 8. The molecular formula is C38H47N9O5.